The highest BCUT2D eigenvalue weighted by Crippen LogP contribution is 2.19. The van der Waals surface area contributed by atoms with Crippen LogP contribution in [0.5, 0.6) is 0 Å². The molecule has 0 aliphatic rings. The van der Waals surface area contributed by atoms with Crippen LogP contribution in [-0.2, 0) is 0 Å². The topological polar surface area (TPSA) is 93.4 Å². The van der Waals surface area contributed by atoms with E-state index >= 15 is 0 Å². The summed E-state index contributed by atoms with van der Waals surface area (Å²) in [6.45, 7) is 3.62. The van der Waals surface area contributed by atoms with Crippen molar-refractivity contribution in [2.75, 3.05) is 0 Å². The van der Waals surface area contributed by atoms with E-state index in [-0.39, 0.29) is 18.4 Å². The molecule has 6 nitrogen and oxygen atoms in total. The Kier molecular flexibility index (Phi) is 4.17. The summed E-state index contributed by atoms with van der Waals surface area (Å²) in [5.41, 5.74) is 5.79. The molecule has 0 radical (unpaired) electrons. The van der Waals surface area contributed by atoms with Gasteiger partial charge in [0.05, 0.1) is 12.2 Å². The first kappa shape index (κ1) is 13.6. The molecule has 0 fully saturated rings. The van der Waals surface area contributed by atoms with Crippen LogP contribution in [0.4, 0.5) is 0 Å². The lowest BCUT2D eigenvalue weighted by Crippen LogP contribution is -2.13. The molecular weight excluding hydrogens is 260 g/mol. The number of hydrogen-bond donors (Lipinski definition) is 1. The van der Waals surface area contributed by atoms with Crippen LogP contribution in [0.2, 0.25) is 0 Å². The average Bonchev–Trinajstić information content (AvgIpc) is 2.82. The van der Waals surface area contributed by atoms with Gasteiger partial charge in [0.15, 0.2) is 5.82 Å². The molecule has 0 aliphatic heterocycles. The van der Waals surface area contributed by atoms with E-state index in [0.717, 1.165) is 0 Å². The van der Waals surface area contributed by atoms with E-state index in [2.05, 4.69) is 15.1 Å². The number of aromatic nitrogens is 4. The maximum atomic E-state index is 8.73. The lowest BCUT2D eigenvalue weighted by atomic mass is 10.3. The first-order chi connectivity index (χ1) is 7.61. The summed E-state index contributed by atoms with van der Waals surface area (Å²) in [5, 5.41) is 13.6. The van der Waals surface area contributed by atoms with Gasteiger partial charge in [-0.1, -0.05) is 11.3 Å². The molecule has 2 aromatic heterocycles. The fourth-order valence-corrected chi connectivity index (χ4v) is 1.96. The van der Waals surface area contributed by atoms with Crippen LogP contribution in [-0.4, -0.2) is 19.7 Å². The minimum Gasteiger partial charge on any atom is -0.322 e. The Morgan fingerprint density at radius 1 is 1.59 bits per heavy atom. The summed E-state index contributed by atoms with van der Waals surface area (Å²) in [6, 6.07) is 1.81. The van der Waals surface area contributed by atoms with Gasteiger partial charge in [0.2, 0.25) is 5.13 Å². The molecule has 2 heterocycles. The van der Waals surface area contributed by atoms with Crippen molar-refractivity contribution in [1.82, 2.24) is 19.7 Å². The van der Waals surface area contributed by atoms with E-state index < -0.39 is 0 Å². The molecule has 90 valence electrons. The number of rotatable bonds is 2. The minimum atomic E-state index is -0.226. The third kappa shape index (κ3) is 2.61. The normalized spacial score (nSPS) is 11.6. The molecule has 2 rings (SSSR count). The largest absolute Gasteiger partial charge is 0.322 e. The van der Waals surface area contributed by atoms with Crippen LogP contribution >= 0.6 is 23.7 Å². The zero-order valence-corrected chi connectivity index (χ0v) is 10.9. The van der Waals surface area contributed by atoms with Gasteiger partial charge in [-0.3, -0.25) is 0 Å². The van der Waals surface area contributed by atoms with E-state index in [1.807, 2.05) is 13.0 Å². The molecule has 0 bridgehead atoms. The molecule has 0 aliphatic carbocycles. The molecule has 1 atom stereocenters. The van der Waals surface area contributed by atoms with E-state index in [1.54, 1.807) is 11.6 Å². The highest BCUT2D eigenvalue weighted by Gasteiger charge is 2.15. The predicted octanol–water partition coefficient (Wildman–Crippen LogP) is 1.35. The SMILES string of the molecule is Cc1nc(C(C)N)n(-c2ncc(C#N)s2)n1.Cl. The second-order valence-corrected chi connectivity index (χ2v) is 4.35. The number of halogens is 1. The molecule has 1 unspecified atom stereocenters. The molecule has 0 aromatic carbocycles. The van der Waals surface area contributed by atoms with Crippen molar-refractivity contribution in [3.8, 4) is 11.2 Å². The van der Waals surface area contributed by atoms with Gasteiger partial charge < -0.3 is 5.73 Å². The zero-order valence-electron chi connectivity index (χ0n) is 9.28. The van der Waals surface area contributed by atoms with Crippen LogP contribution in [0.25, 0.3) is 5.13 Å². The fraction of sp³-hybridized carbons (Fsp3) is 0.333. The Hall–Kier alpha value is -1.49. The first-order valence-corrected chi connectivity index (χ1v) is 5.49. The average molecular weight is 271 g/mol. The van der Waals surface area contributed by atoms with Gasteiger partial charge >= 0.3 is 0 Å². The molecule has 0 amide bonds. The summed E-state index contributed by atoms with van der Waals surface area (Å²) in [4.78, 5) is 8.89. The molecule has 0 saturated heterocycles. The van der Waals surface area contributed by atoms with Crippen molar-refractivity contribution >= 4 is 23.7 Å². The Labute approximate surface area is 109 Å². The second-order valence-electron chi connectivity index (χ2n) is 3.34. The number of hydrogen-bond acceptors (Lipinski definition) is 6. The summed E-state index contributed by atoms with van der Waals surface area (Å²) in [7, 11) is 0. The summed E-state index contributed by atoms with van der Waals surface area (Å²) >= 11 is 1.26. The highest BCUT2D eigenvalue weighted by atomic mass is 35.5. The molecule has 17 heavy (non-hydrogen) atoms. The summed E-state index contributed by atoms with van der Waals surface area (Å²) in [6.07, 6.45) is 1.52. The van der Waals surface area contributed by atoms with Crippen molar-refractivity contribution in [2.24, 2.45) is 5.73 Å². The van der Waals surface area contributed by atoms with Crippen LogP contribution in [0.15, 0.2) is 6.20 Å². The molecule has 2 aromatic rings. The third-order valence-corrected chi connectivity index (χ3v) is 2.81. The van der Waals surface area contributed by atoms with E-state index in [9.17, 15) is 0 Å². The van der Waals surface area contributed by atoms with Gasteiger partial charge in [0.25, 0.3) is 0 Å². The van der Waals surface area contributed by atoms with Crippen LogP contribution in [0.3, 0.4) is 0 Å². The summed E-state index contributed by atoms with van der Waals surface area (Å²) < 4.78 is 1.59. The van der Waals surface area contributed by atoms with E-state index in [1.165, 1.54) is 17.5 Å². The Balaban J connectivity index is 0.00000144. The third-order valence-electron chi connectivity index (χ3n) is 1.93. The van der Waals surface area contributed by atoms with Crippen molar-refractivity contribution in [2.45, 2.75) is 19.9 Å². The van der Waals surface area contributed by atoms with Gasteiger partial charge in [-0.05, 0) is 13.8 Å². The number of nitrogens with zero attached hydrogens (tertiary/aromatic N) is 5. The zero-order chi connectivity index (χ0) is 11.7. The number of thiazole rings is 1. The molecule has 0 spiro atoms. The predicted molar refractivity (Wildman–Crippen MR) is 66.3 cm³/mol. The summed E-state index contributed by atoms with van der Waals surface area (Å²) in [5.74, 6) is 1.29. The van der Waals surface area contributed by atoms with E-state index in [4.69, 9.17) is 11.0 Å². The van der Waals surface area contributed by atoms with Gasteiger partial charge in [-0.2, -0.15) is 9.94 Å². The standard InChI is InChI=1S/C9H10N6S.ClH/c1-5(11)8-13-6(2)14-15(8)9-12-4-7(3-10)16-9;/h4-5H,11H2,1-2H3;1H. The van der Waals surface area contributed by atoms with Crippen LogP contribution < -0.4 is 5.73 Å². The second kappa shape index (κ2) is 5.23. The van der Waals surface area contributed by atoms with Gasteiger partial charge in [-0.15, -0.1) is 17.5 Å². The molecule has 8 heteroatoms. The Bertz CT molecular complexity index is 552. The van der Waals surface area contributed by atoms with Gasteiger partial charge in [0, 0.05) is 0 Å². The maximum Gasteiger partial charge on any atom is 0.213 e. The lowest BCUT2D eigenvalue weighted by Gasteiger charge is -2.04. The van der Waals surface area contributed by atoms with Crippen molar-refractivity contribution < 1.29 is 0 Å². The van der Waals surface area contributed by atoms with Gasteiger partial charge in [-0.25, -0.2) is 9.97 Å². The molecule has 0 saturated carbocycles. The number of nitriles is 1. The maximum absolute atomic E-state index is 8.73. The first-order valence-electron chi connectivity index (χ1n) is 4.67. The monoisotopic (exact) mass is 270 g/mol. The molecule has 2 N–H and O–H groups in total. The Morgan fingerprint density at radius 2 is 2.29 bits per heavy atom. The number of nitrogens with two attached hydrogens (primary N) is 1. The highest BCUT2D eigenvalue weighted by molar-refractivity contribution is 7.14. The number of aryl methyl sites for hydroxylation is 1. The fourth-order valence-electron chi connectivity index (χ4n) is 1.28. The lowest BCUT2D eigenvalue weighted by molar-refractivity contribution is 0.687. The van der Waals surface area contributed by atoms with Crippen LogP contribution in [0, 0.1) is 18.3 Å². The van der Waals surface area contributed by atoms with Crippen molar-refractivity contribution in [3.05, 3.63) is 22.7 Å². The van der Waals surface area contributed by atoms with Crippen LogP contribution in [0.1, 0.15) is 29.5 Å². The van der Waals surface area contributed by atoms with E-state index in [0.29, 0.717) is 21.7 Å². The van der Waals surface area contributed by atoms with Gasteiger partial charge in [0.1, 0.15) is 16.8 Å². The van der Waals surface area contributed by atoms with Crippen molar-refractivity contribution in [1.29, 1.82) is 5.26 Å². The smallest absolute Gasteiger partial charge is 0.213 e. The molecular formula is C9H11ClN6S. The van der Waals surface area contributed by atoms with Crippen molar-refractivity contribution in [3.63, 3.8) is 0 Å². The minimum absolute atomic E-state index is 0. The quantitative estimate of drug-likeness (QED) is 0.889. The Morgan fingerprint density at radius 3 is 2.82 bits per heavy atom.